The number of phenolic OH excluding ortho intramolecular Hbond substituents is 1. The molecule has 1 aliphatic rings. The fourth-order valence-electron chi connectivity index (χ4n) is 3.01. The molecule has 1 N–H and O–H groups in total. The molecule has 3 nitrogen and oxygen atoms in total. The Morgan fingerprint density at radius 3 is 2.58 bits per heavy atom. The minimum absolute atomic E-state index is 0.236. The standard InChI is InChI=1S/C16H25NO2/c1-3-17(14-7-5-4-6-8-14)12-13-9-10-16(19-2)15(18)11-13/h9-11,14,18H,3-8,12H2,1-2H3. The Bertz CT molecular complexity index is 400. The van der Waals surface area contributed by atoms with Crippen LogP contribution in [0.5, 0.6) is 11.5 Å². The van der Waals surface area contributed by atoms with Crippen LogP contribution in [-0.2, 0) is 6.54 Å². The average molecular weight is 263 g/mol. The van der Waals surface area contributed by atoms with E-state index in [1.807, 2.05) is 18.2 Å². The van der Waals surface area contributed by atoms with Crippen LogP contribution in [0.25, 0.3) is 0 Å². The van der Waals surface area contributed by atoms with Gasteiger partial charge < -0.3 is 9.84 Å². The van der Waals surface area contributed by atoms with E-state index in [1.54, 1.807) is 7.11 Å². The molecule has 1 aromatic carbocycles. The Morgan fingerprint density at radius 1 is 1.26 bits per heavy atom. The van der Waals surface area contributed by atoms with Gasteiger partial charge in [-0.05, 0) is 37.1 Å². The Labute approximate surface area is 116 Å². The molecule has 0 saturated heterocycles. The first-order valence-corrected chi connectivity index (χ1v) is 7.34. The molecule has 0 amide bonds. The number of hydrogen-bond acceptors (Lipinski definition) is 3. The van der Waals surface area contributed by atoms with E-state index >= 15 is 0 Å². The molecule has 1 aliphatic carbocycles. The van der Waals surface area contributed by atoms with Crippen molar-refractivity contribution in [1.82, 2.24) is 4.90 Å². The third-order valence-electron chi connectivity index (χ3n) is 4.13. The predicted octanol–water partition coefficient (Wildman–Crippen LogP) is 3.56. The minimum atomic E-state index is 0.236. The van der Waals surface area contributed by atoms with Gasteiger partial charge in [-0.25, -0.2) is 0 Å². The summed E-state index contributed by atoms with van der Waals surface area (Å²) in [5.74, 6) is 0.782. The number of hydrogen-bond donors (Lipinski definition) is 1. The summed E-state index contributed by atoms with van der Waals surface area (Å²) < 4.78 is 5.08. The highest BCUT2D eigenvalue weighted by Crippen LogP contribution is 2.28. The zero-order chi connectivity index (χ0) is 13.7. The summed E-state index contributed by atoms with van der Waals surface area (Å²) in [7, 11) is 1.58. The maximum absolute atomic E-state index is 9.84. The van der Waals surface area contributed by atoms with Crippen LogP contribution in [0.4, 0.5) is 0 Å². The molecule has 1 saturated carbocycles. The van der Waals surface area contributed by atoms with Crippen molar-refractivity contribution in [3.05, 3.63) is 23.8 Å². The van der Waals surface area contributed by atoms with E-state index in [1.165, 1.54) is 32.1 Å². The van der Waals surface area contributed by atoms with E-state index < -0.39 is 0 Å². The summed E-state index contributed by atoms with van der Waals surface area (Å²) in [6.45, 7) is 4.20. The summed E-state index contributed by atoms with van der Waals surface area (Å²) in [4.78, 5) is 2.53. The first kappa shape index (κ1) is 14.2. The molecule has 0 unspecified atom stereocenters. The van der Waals surface area contributed by atoms with Crippen molar-refractivity contribution in [2.45, 2.75) is 51.6 Å². The SMILES string of the molecule is CCN(Cc1ccc(OC)c(O)c1)C1CCCCC1. The van der Waals surface area contributed by atoms with Crippen LogP contribution < -0.4 is 4.74 Å². The molecule has 1 fully saturated rings. The van der Waals surface area contributed by atoms with Crippen molar-refractivity contribution < 1.29 is 9.84 Å². The average Bonchev–Trinajstić information content (AvgIpc) is 2.46. The zero-order valence-electron chi connectivity index (χ0n) is 12.1. The van der Waals surface area contributed by atoms with Crippen LogP contribution in [-0.4, -0.2) is 29.7 Å². The van der Waals surface area contributed by atoms with Gasteiger partial charge in [0.05, 0.1) is 7.11 Å². The maximum atomic E-state index is 9.84. The lowest BCUT2D eigenvalue weighted by atomic mass is 9.94. The molecule has 0 atom stereocenters. The maximum Gasteiger partial charge on any atom is 0.160 e. The lowest BCUT2D eigenvalue weighted by Crippen LogP contribution is -2.36. The third-order valence-corrected chi connectivity index (χ3v) is 4.13. The molecule has 0 radical (unpaired) electrons. The monoisotopic (exact) mass is 263 g/mol. The first-order valence-electron chi connectivity index (χ1n) is 7.34. The largest absolute Gasteiger partial charge is 0.504 e. The van der Waals surface area contributed by atoms with Crippen LogP contribution >= 0.6 is 0 Å². The number of phenols is 1. The van der Waals surface area contributed by atoms with Crippen molar-refractivity contribution in [2.75, 3.05) is 13.7 Å². The van der Waals surface area contributed by atoms with E-state index in [0.717, 1.165) is 18.7 Å². The number of ether oxygens (including phenoxy) is 1. The number of methoxy groups -OCH3 is 1. The minimum Gasteiger partial charge on any atom is -0.504 e. The van der Waals surface area contributed by atoms with Gasteiger partial charge in [0.15, 0.2) is 11.5 Å². The van der Waals surface area contributed by atoms with Crippen molar-refractivity contribution in [1.29, 1.82) is 0 Å². The van der Waals surface area contributed by atoms with Gasteiger partial charge in [-0.1, -0.05) is 32.3 Å². The molecule has 2 rings (SSSR count). The van der Waals surface area contributed by atoms with Gasteiger partial charge in [0.2, 0.25) is 0 Å². The lowest BCUT2D eigenvalue weighted by molar-refractivity contribution is 0.156. The summed E-state index contributed by atoms with van der Waals surface area (Å²) in [6, 6.07) is 6.43. The van der Waals surface area contributed by atoms with Crippen molar-refractivity contribution in [2.24, 2.45) is 0 Å². The molecule has 106 valence electrons. The Kier molecular flexibility index (Phi) is 5.08. The Morgan fingerprint density at radius 2 is 2.00 bits per heavy atom. The highest BCUT2D eigenvalue weighted by atomic mass is 16.5. The van der Waals surface area contributed by atoms with Gasteiger partial charge in [0.1, 0.15) is 0 Å². The lowest BCUT2D eigenvalue weighted by Gasteiger charge is -2.33. The number of nitrogens with zero attached hydrogens (tertiary/aromatic N) is 1. The molecular formula is C16H25NO2. The predicted molar refractivity (Wildman–Crippen MR) is 77.6 cm³/mol. The molecule has 0 aromatic heterocycles. The Balaban J connectivity index is 2.03. The molecule has 0 heterocycles. The second-order valence-corrected chi connectivity index (χ2v) is 5.36. The molecule has 1 aromatic rings. The van der Waals surface area contributed by atoms with E-state index in [-0.39, 0.29) is 5.75 Å². The van der Waals surface area contributed by atoms with Gasteiger partial charge in [-0.15, -0.1) is 0 Å². The van der Waals surface area contributed by atoms with Crippen LogP contribution in [0.1, 0.15) is 44.6 Å². The summed E-state index contributed by atoms with van der Waals surface area (Å²) in [5.41, 5.74) is 1.16. The zero-order valence-corrected chi connectivity index (χ0v) is 12.1. The smallest absolute Gasteiger partial charge is 0.160 e. The third kappa shape index (κ3) is 3.63. The molecule has 0 aliphatic heterocycles. The van der Waals surface area contributed by atoms with E-state index in [2.05, 4.69) is 11.8 Å². The molecule has 3 heteroatoms. The number of aromatic hydroxyl groups is 1. The second kappa shape index (κ2) is 6.80. The van der Waals surface area contributed by atoms with Crippen molar-refractivity contribution in [3.63, 3.8) is 0 Å². The van der Waals surface area contributed by atoms with Crippen molar-refractivity contribution >= 4 is 0 Å². The van der Waals surface area contributed by atoms with Crippen LogP contribution in [0, 0.1) is 0 Å². The molecular weight excluding hydrogens is 238 g/mol. The molecule has 19 heavy (non-hydrogen) atoms. The summed E-state index contributed by atoms with van der Waals surface area (Å²) in [5, 5.41) is 9.84. The van der Waals surface area contributed by atoms with Gasteiger partial charge >= 0.3 is 0 Å². The van der Waals surface area contributed by atoms with E-state index in [9.17, 15) is 5.11 Å². The normalized spacial score (nSPS) is 16.8. The Hall–Kier alpha value is -1.22. The van der Waals surface area contributed by atoms with Gasteiger partial charge in [0, 0.05) is 12.6 Å². The topological polar surface area (TPSA) is 32.7 Å². The van der Waals surface area contributed by atoms with Crippen LogP contribution in [0.3, 0.4) is 0 Å². The number of benzene rings is 1. The molecule has 0 spiro atoms. The van der Waals surface area contributed by atoms with Gasteiger partial charge in [-0.2, -0.15) is 0 Å². The van der Waals surface area contributed by atoms with E-state index in [0.29, 0.717) is 11.8 Å². The highest BCUT2D eigenvalue weighted by molar-refractivity contribution is 5.41. The van der Waals surface area contributed by atoms with E-state index in [4.69, 9.17) is 4.74 Å². The fourth-order valence-corrected chi connectivity index (χ4v) is 3.01. The second-order valence-electron chi connectivity index (χ2n) is 5.36. The first-order chi connectivity index (χ1) is 9.24. The highest BCUT2D eigenvalue weighted by Gasteiger charge is 2.20. The van der Waals surface area contributed by atoms with Crippen LogP contribution in [0.2, 0.25) is 0 Å². The molecule has 0 bridgehead atoms. The van der Waals surface area contributed by atoms with Crippen LogP contribution in [0.15, 0.2) is 18.2 Å². The van der Waals surface area contributed by atoms with Gasteiger partial charge in [0.25, 0.3) is 0 Å². The quantitative estimate of drug-likeness (QED) is 0.881. The van der Waals surface area contributed by atoms with Gasteiger partial charge in [-0.3, -0.25) is 4.90 Å². The summed E-state index contributed by atoms with van der Waals surface area (Å²) >= 11 is 0. The fraction of sp³-hybridized carbons (Fsp3) is 0.625. The summed E-state index contributed by atoms with van der Waals surface area (Å²) in [6.07, 6.45) is 6.73. The van der Waals surface area contributed by atoms with Crippen molar-refractivity contribution in [3.8, 4) is 11.5 Å². The number of rotatable bonds is 5.